The molecule has 0 aromatic heterocycles. The molecule has 1 heterocycles. The van der Waals surface area contributed by atoms with Gasteiger partial charge in [-0.05, 0) is 60.1 Å². The Kier molecular flexibility index (Phi) is 6.99. The van der Waals surface area contributed by atoms with Crippen molar-refractivity contribution in [3.8, 4) is 23.0 Å². The van der Waals surface area contributed by atoms with Crippen molar-refractivity contribution in [1.82, 2.24) is 0 Å². The first-order chi connectivity index (χ1) is 14.0. The second-order valence-electron chi connectivity index (χ2n) is 7.23. The summed E-state index contributed by atoms with van der Waals surface area (Å²) < 4.78 is 27.1. The molecule has 1 saturated heterocycles. The maximum absolute atomic E-state index is 11.2. The van der Waals surface area contributed by atoms with Crippen LogP contribution < -0.4 is 18.9 Å². The minimum Gasteiger partial charge on any atom is -0.493 e. The molecule has 2 aromatic carbocycles. The molecule has 0 spiro atoms. The Hall–Kier alpha value is -2.73. The van der Waals surface area contributed by atoms with Gasteiger partial charge in [0.15, 0.2) is 23.0 Å². The molecule has 6 heteroatoms. The monoisotopic (exact) mass is 400 g/mol. The summed E-state index contributed by atoms with van der Waals surface area (Å²) in [6.07, 6.45) is 1.78. The first-order valence-corrected chi connectivity index (χ1v) is 9.68. The first kappa shape index (κ1) is 21.0. The van der Waals surface area contributed by atoms with E-state index in [0.29, 0.717) is 23.3 Å². The van der Waals surface area contributed by atoms with Gasteiger partial charge < -0.3 is 23.7 Å². The summed E-state index contributed by atoms with van der Waals surface area (Å²) in [7, 11) is 4.86. The molecular weight excluding hydrogens is 372 g/mol. The number of benzene rings is 2. The Morgan fingerprint density at radius 2 is 1.31 bits per heavy atom. The Bertz CT molecular complexity index is 847. The molecule has 0 amide bonds. The summed E-state index contributed by atoms with van der Waals surface area (Å²) in [5, 5.41) is 0. The van der Waals surface area contributed by atoms with Crippen LogP contribution >= 0.6 is 0 Å². The topological polar surface area (TPSA) is 63.2 Å². The smallest absolute Gasteiger partial charge is 0.308 e. The van der Waals surface area contributed by atoms with Crippen molar-refractivity contribution >= 4 is 5.97 Å². The van der Waals surface area contributed by atoms with Crippen molar-refractivity contribution < 1.29 is 28.5 Å². The van der Waals surface area contributed by atoms with E-state index in [9.17, 15) is 4.79 Å². The molecule has 0 saturated carbocycles. The number of carbonyl (C=O) groups is 1. The predicted molar refractivity (Wildman–Crippen MR) is 109 cm³/mol. The molecule has 0 unspecified atom stereocenters. The summed E-state index contributed by atoms with van der Waals surface area (Å²) in [6, 6.07) is 11.8. The van der Waals surface area contributed by atoms with Gasteiger partial charge in [-0.15, -0.1) is 0 Å². The minimum atomic E-state index is -0.366. The molecule has 1 aliphatic heterocycles. The van der Waals surface area contributed by atoms with Crippen molar-refractivity contribution in [3.63, 3.8) is 0 Å². The lowest BCUT2D eigenvalue weighted by molar-refractivity contribution is -0.132. The average molecular weight is 400 g/mol. The Labute approximate surface area is 171 Å². The Morgan fingerprint density at radius 3 is 1.79 bits per heavy atom. The molecule has 6 nitrogen and oxygen atoms in total. The molecule has 1 fully saturated rings. The minimum absolute atomic E-state index is 0.366. The summed E-state index contributed by atoms with van der Waals surface area (Å²) in [5.74, 6) is 2.91. The molecule has 0 N–H and O–H groups in total. The third kappa shape index (κ3) is 5.21. The van der Waals surface area contributed by atoms with Crippen LogP contribution in [0, 0.1) is 11.8 Å². The lowest BCUT2D eigenvalue weighted by Crippen LogP contribution is -2.17. The van der Waals surface area contributed by atoms with Gasteiger partial charge in [-0.25, -0.2) is 0 Å². The van der Waals surface area contributed by atoms with E-state index in [-0.39, 0.29) is 5.97 Å². The standard InChI is InChI=1S/C23H28O6/c1-15(24)29-21-8-6-17(12-23(21)27-4)10-19-14-28-13-18(19)9-16-5-7-20(25-2)22(11-16)26-3/h5-8,11-12,18-19H,9-10,13-14H2,1-4H3/t18-,19-/m0/s1. The SMILES string of the molecule is COc1ccc(C[C@H]2COC[C@@H]2Cc2ccc(OC(C)=O)c(OC)c2)cc1OC. The van der Waals surface area contributed by atoms with Crippen LogP contribution in [0.3, 0.4) is 0 Å². The zero-order valence-electron chi connectivity index (χ0n) is 17.4. The lowest BCUT2D eigenvalue weighted by atomic mass is 9.85. The van der Waals surface area contributed by atoms with Gasteiger partial charge in [-0.3, -0.25) is 4.79 Å². The van der Waals surface area contributed by atoms with E-state index in [1.165, 1.54) is 12.5 Å². The van der Waals surface area contributed by atoms with Gasteiger partial charge in [0.1, 0.15) is 0 Å². The number of hydrogen-bond donors (Lipinski definition) is 0. The van der Waals surface area contributed by atoms with Crippen molar-refractivity contribution in [2.45, 2.75) is 19.8 Å². The Morgan fingerprint density at radius 1 is 0.828 bits per heavy atom. The summed E-state index contributed by atoms with van der Waals surface area (Å²) in [5.41, 5.74) is 2.33. The van der Waals surface area contributed by atoms with Crippen molar-refractivity contribution in [2.75, 3.05) is 34.5 Å². The molecule has 2 aromatic rings. The van der Waals surface area contributed by atoms with E-state index >= 15 is 0 Å². The highest BCUT2D eigenvalue weighted by Crippen LogP contribution is 2.34. The molecule has 2 atom stereocenters. The number of methoxy groups -OCH3 is 3. The highest BCUT2D eigenvalue weighted by Gasteiger charge is 2.29. The van der Waals surface area contributed by atoms with Gasteiger partial charge in [-0.1, -0.05) is 12.1 Å². The molecule has 0 radical (unpaired) electrons. The second kappa shape index (κ2) is 9.65. The number of rotatable bonds is 8. The van der Waals surface area contributed by atoms with Crippen LogP contribution in [0.1, 0.15) is 18.1 Å². The van der Waals surface area contributed by atoms with Crippen LogP contribution in [0.4, 0.5) is 0 Å². The fraction of sp³-hybridized carbons (Fsp3) is 0.435. The fourth-order valence-electron chi connectivity index (χ4n) is 3.79. The highest BCUT2D eigenvalue weighted by atomic mass is 16.6. The molecule has 3 rings (SSSR count). The summed E-state index contributed by atoms with van der Waals surface area (Å²) in [6.45, 7) is 2.84. The van der Waals surface area contributed by atoms with Crippen LogP contribution in [0.25, 0.3) is 0 Å². The van der Waals surface area contributed by atoms with Crippen LogP contribution in [-0.2, 0) is 22.4 Å². The number of esters is 1. The maximum Gasteiger partial charge on any atom is 0.308 e. The fourth-order valence-corrected chi connectivity index (χ4v) is 3.79. The van der Waals surface area contributed by atoms with Crippen LogP contribution in [0.5, 0.6) is 23.0 Å². The number of carbonyl (C=O) groups excluding carboxylic acids is 1. The third-order valence-corrected chi connectivity index (χ3v) is 5.26. The van der Waals surface area contributed by atoms with Crippen molar-refractivity contribution in [3.05, 3.63) is 47.5 Å². The van der Waals surface area contributed by atoms with E-state index in [2.05, 4.69) is 6.07 Å². The molecular formula is C23H28O6. The zero-order valence-corrected chi connectivity index (χ0v) is 17.4. The van der Waals surface area contributed by atoms with E-state index < -0.39 is 0 Å². The highest BCUT2D eigenvalue weighted by molar-refractivity contribution is 5.70. The van der Waals surface area contributed by atoms with E-state index in [1.54, 1.807) is 27.4 Å². The predicted octanol–water partition coefficient (Wildman–Crippen LogP) is 3.69. The Balaban J connectivity index is 1.70. The van der Waals surface area contributed by atoms with Gasteiger partial charge in [0.05, 0.1) is 34.5 Å². The molecule has 156 valence electrons. The van der Waals surface area contributed by atoms with E-state index in [4.69, 9.17) is 23.7 Å². The lowest BCUT2D eigenvalue weighted by Gasteiger charge is -2.19. The number of ether oxygens (including phenoxy) is 5. The number of hydrogen-bond acceptors (Lipinski definition) is 6. The van der Waals surface area contributed by atoms with Crippen LogP contribution in [0.15, 0.2) is 36.4 Å². The van der Waals surface area contributed by atoms with Crippen molar-refractivity contribution in [2.24, 2.45) is 11.8 Å². The third-order valence-electron chi connectivity index (χ3n) is 5.26. The largest absolute Gasteiger partial charge is 0.493 e. The van der Waals surface area contributed by atoms with Gasteiger partial charge in [0, 0.05) is 6.92 Å². The average Bonchev–Trinajstić information content (AvgIpc) is 3.15. The van der Waals surface area contributed by atoms with Gasteiger partial charge in [0.2, 0.25) is 0 Å². The molecule has 0 bridgehead atoms. The first-order valence-electron chi connectivity index (χ1n) is 9.68. The van der Waals surface area contributed by atoms with Crippen LogP contribution in [0.2, 0.25) is 0 Å². The summed E-state index contributed by atoms with van der Waals surface area (Å²) >= 11 is 0. The molecule has 1 aliphatic rings. The summed E-state index contributed by atoms with van der Waals surface area (Å²) in [4.78, 5) is 11.2. The van der Waals surface area contributed by atoms with Gasteiger partial charge >= 0.3 is 5.97 Å². The molecule has 29 heavy (non-hydrogen) atoms. The van der Waals surface area contributed by atoms with Crippen LogP contribution in [-0.4, -0.2) is 40.5 Å². The van der Waals surface area contributed by atoms with Gasteiger partial charge in [-0.2, -0.15) is 0 Å². The normalized spacial score (nSPS) is 18.3. The van der Waals surface area contributed by atoms with Crippen molar-refractivity contribution in [1.29, 1.82) is 0 Å². The van der Waals surface area contributed by atoms with E-state index in [0.717, 1.165) is 43.1 Å². The van der Waals surface area contributed by atoms with E-state index in [1.807, 2.05) is 24.3 Å². The second-order valence-corrected chi connectivity index (χ2v) is 7.23. The maximum atomic E-state index is 11.2. The quantitative estimate of drug-likeness (QED) is 0.498. The zero-order chi connectivity index (χ0) is 20.8. The molecule has 0 aliphatic carbocycles. The van der Waals surface area contributed by atoms with Gasteiger partial charge in [0.25, 0.3) is 0 Å².